The minimum Gasteiger partial charge on any atom is -0.389 e. The molecule has 1 amide bonds. The zero-order chi connectivity index (χ0) is 25.3. The van der Waals surface area contributed by atoms with Crippen LogP contribution in [0.3, 0.4) is 0 Å². The van der Waals surface area contributed by atoms with Gasteiger partial charge in [-0.1, -0.05) is 19.9 Å². The maximum atomic E-state index is 14.4. The van der Waals surface area contributed by atoms with Crippen LogP contribution in [0, 0.1) is 23.4 Å². The molecule has 1 fully saturated rings. The van der Waals surface area contributed by atoms with Crippen LogP contribution in [0.25, 0.3) is 11.3 Å². The molecule has 0 saturated carbocycles. The number of pyridine rings is 2. The van der Waals surface area contributed by atoms with Crippen LogP contribution in [-0.4, -0.2) is 39.2 Å². The maximum Gasteiger partial charge on any atom is 0.274 e. The highest BCUT2D eigenvalue weighted by atomic mass is 19.1. The summed E-state index contributed by atoms with van der Waals surface area (Å²) in [7, 11) is 0. The van der Waals surface area contributed by atoms with E-state index in [-0.39, 0.29) is 11.6 Å². The molecule has 1 saturated heterocycles. The molecule has 2 aromatic heterocycles. The van der Waals surface area contributed by atoms with Crippen LogP contribution in [0.4, 0.5) is 18.9 Å². The van der Waals surface area contributed by atoms with Crippen LogP contribution in [0.15, 0.2) is 48.8 Å². The van der Waals surface area contributed by atoms with E-state index in [0.29, 0.717) is 17.7 Å². The normalized spacial score (nSPS) is 22.3. The molecule has 4 rings (SSSR count). The van der Waals surface area contributed by atoms with E-state index in [1.807, 2.05) is 13.8 Å². The Morgan fingerprint density at radius 2 is 1.86 bits per heavy atom. The molecule has 3 heterocycles. The van der Waals surface area contributed by atoms with Crippen LogP contribution in [-0.2, 0) is 4.74 Å². The van der Waals surface area contributed by atoms with Crippen molar-refractivity contribution < 1.29 is 27.8 Å². The molecule has 0 unspecified atom stereocenters. The molecule has 0 radical (unpaired) electrons. The summed E-state index contributed by atoms with van der Waals surface area (Å²) in [5, 5.41) is 13.1. The first kappa shape index (κ1) is 24.8. The predicted molar refractivity (Wildman–Crippen MR) is 123 cm³/mol. The number of anilines is 1. The molecule has 0 bridgehead atoms. The summed E-state index contributed by atoms with van der Waals surface area (Å²) < 4.78 is 48.9. The van der Waals surface area contributed by atoms with E-state index in [4.69, 9.17) is 10.5 Å². The maximum absolute atomic E-state index is 14.4. The zero-order valence-corrected chi connectivity index (χ0v) is 19.1. The van der Waals surface area contributed by atoms with Crippen molar-refractivity contribution in [3.8, 4) is 11.3 Å². The topological polar surface area (TPSA) is 110 Å². The SMILES string of the molecule is CC(C)[C@H]1O[C@@H](c2ccncc2NC(=O)c2ccc(F)c(-c3c(F)cccc3F)n2)C[C@@H](N)[C@@H]1O. The Kier molecular flexibility index (Phi) is 7.15. The molecule has 184 valence electrons. The third-order valence-corrected chi connectivity index (χ3v) is 5.97. The van der Waals surface area contributed by atoms with Crippen molar-refractivity contribution in [3.63, 3.8) is 0 Å². The van der Waals surface area contributed by atoms with E-state index >= 15 is 0 Å². The number of hydrogen-bond acceptors (Lipinski definition) is 6. The van der Waals surface area contributed by atoms with E-state index in [9.17, 15) is 23.1 Å². The highest BCUT2D eigenvalue weighted by Crippen LogP contribution is 2.37. The number of aliphatic hydroxyl groups is 1. The number of nitrogens with two attached hydrogens (primary N) is 1. The Morgan fingerprint density at radius 3 is 2.54 bits per heavy atom. The van der Waals surface area contributed by atoms with Gasteiger partial charge in [0.1, 0.15) is 28.8 Å². The summed E-state index contributed by atoms with van der Waals surface area (Å²) in [5.74, 6) is -3.72. The molecule has 35 heavy (non-hydrogen) atoms. The predicted octanol–water partition coefficient (Wildman–Crippen LogP) is 3.99. The van der Waals surface area contributed by atoms with Crippen molar-refractivity contribution in [1.82, 2.24) is 9.97 Å². The highest BCUT2D eigenvalue weighted by Gasteiger charge is 2.38. The number of carbonyl (C=O) groups is 1. The third kappa shape index (κ3) is 5.04. The lowest BCUT2D eigenvalue weighted by Crippen LogP contribution is -2.51. The van der Waals surface area contributed by atoms with Crippen molar-refractivity contribution in [1.29, 1.82) is 0 Å². The molecule has 1 aliphatic rings. The molecule has 7 nitrogen and oxygen atoms in total. The molecular weight excluding hydrogens is 461 g/mol. The minimum absolute atomic E-state index is 0.000609. The van der Waals surface area contributed by atoms with Crippen LogP contribution >= 0.6 is 0 Å². The second kappa shape index (κ2) is 10.1. The quantitative estimate of drug-likeness (QED) is 0.503. The average molecular weight is 486 g/mol. The van der Waals surface area contributed by atoms with E-state index in [0.717, 1.165) is 30.3 Å². The van der Waals surface area contributed by atoms with Crippen molar-refractivity contribution in [2.45, 2.75) is 44.6 Å². The number of nitrogens with one attached hydrogen (secondary N) is 1. The summed E-state index contributed by atoms with van der Waals surface area (Å²) >= 11 is 0. The van der Waals surface area contributed by atoms with Gasteiger partial charge in [-0.25, -0.2) is 18.2 Å². The molecule has 1 aliphatic heterocycles. The summed E-state index contributed by atoms with van der Waals surface area (Å²) in [5.41, 5.74) is 5.51. The Morgan fingerprint density at radius 1 is 1.14 bits per heavy atom. The van der Waals surface area contributed by atoms with Crippen molar-refractivity contribution >= 4 is 11.6 Å². The fraction of sp³-hybridized carbons (Fsp3) is 0.320. The number of halogens is 3. The van der Waals surface area contributed by atoms with Crippen LogP contribution in [0.5, 0.6) is 0 Å². The molecule has 0 spiro atoms. The largest absolute Gasteiger partial charge is 0.389 e. The monoisotopic (exact) mass is 486 g/mol. The Labute approximate surface area is 200 Å². The number of amides is 1. The number of aliphatic hydroxyl groups excluding tert-OH is 1. The van der Waals surface area contributed by atoms with Gasteiger partial charge in [-0.3, -0.25) is 9.78 Å². The standard InChI is InChI=1S/C25H25F3N4O3/c1-12(2)24-23(33)17(29)10-20(35-24)13-8-9-30-11-19(13)32-25(34)18-7-6-16(28)22(31-18)21-14(26)4-3-5-15(21)27/h3-9,11-12,17,20,23-24,33H,10,29H2,1-2H3,(H,32,34)/t17-,20-,23+,24-/m1/s1. The molecular formula is C25H25F3N4O3. The molecule has 3 aromatic rings. The van der Waals surface area contributed by atoms with Crippen LogP contribution in [0.2, 0.25) is 0 Å². The van der Waals surface area contributed by atoms with Crippen LogP contribution < -0.4 is 11.1 Å². The van der Waals surface area contributed by atoms with Gasteiger partial charge < -0.3 is 20.9 Å². The minimum atomic E-state index is -1.00. The smallest absolute Gasteiger partial charge is 0.274 e. The van der Waals surface area contributed by atoms with E-state index < -0.39 is 59.0 Å². The first-order valence-corrected chi connectivity index (χ1v) is 11.1. The van der Waals surface area contributed by atoms with Gasteiger partial charge in [0.05, 0.1) is 35.8 Å². The lowest BCUT2D eigenvalue weighted by molar-refractivity contribution is -0.145. The molecule has 4 N–H and O–H groups in total. The average Bonchev–Trinajstić information content (AvgIpc) is 2.82. The first-order chi connectivity index (χ1) is 16.7. The number of nitrogens with zero attached hydrogens (tertiary/aromatic N) is 2. The Bertz CT molecular complexity index is 1220. The van der Waals surface area contributed by atoms with E-state index in [2.05, 4.69) is 15.3 Å². The molecule has 10 heteroatoms. The number of carbonyl (C=O) groups excluding carboxylic acids is 1. The Balaban J connectivity index is 1.63. The molecule has 4 atom stereocenters. The Hall–Kier alpha value is -3.34. The van der Waals surface area contributed by atoms with Gasteiger partial charge in [-0.05, 0) is 42.7 Å². The van der Waals surface area contributed by atoms with Gasteiger partial charge in [0, 0.05) is 17.8 Å². The second-order valence-corrected chi connectivity index (χ2v) is 8.76. The fourth-order valence-corrected chi connectivity index (χ4v) is 4.15. The van der Waals surface area contributed by atoms with Gasteiger partial charge >= 0.3 is 0 Å². The van der Waals surface area contributed by atoms with Gasteiger partial charge in [0.25, 0.3) is 5.91 Å². The van der Waals surface area contributed by atoms with Gasteiger partial charge in [0.2, 0.25) is 0 Å². The number of benzene rings is 1. The summed E-state index contributed by atoms with van der Waals surface area (Å²) in [6, 6.07) is 6.27. The number of hydrogen-bond donors (Lipinski definition) is 3. The first-order valence-electron chi connectivity index (χ1n) is 11.1. The summed E-state index contributed by atoms with van der Waals surface area (Å²) in [6.45, 7) is 3.82. The molecule has 0 aliphatic carbocycles. The number of aromatic nitrogens is 2. The van der Waals surface area contributed by atoms with Crippen LogP contribution in [0.1, 0.15) is 42.4 Å². The molecule has 1 aromatic carbocycles. The van der Waals surface area contributed by atoms with Crippen molar-refractivity contribution in [2.75, 3.05) is 5.32 Å². The zero-order valence-electron chi connectivity index (χ0n) is 19.1. The fourth-order valence-electron chi connectivity index (χ4n) is 4.15. The summed E-state index contributed by atoms with van der Waals surface area (Å²) in [6.07, 6.45) is 1.40. The lowest BCUT2D eigenvalue weighted by atomic mass is 9.88. The number of ether oxygens (including phenoxy) is 1. The number of rotatable bonds is 5. The van der Waals surface area contributed by atoms with E-state index in [1.165, 1.54) is 12.4 Å². The third-order valence-electron chi connectivity index (χ3n) is 5.97. The van der Waals surface area contributed by atoms with Gasteiger partial charge in [-0.2, -0.15) is 0 Å². The van der Waals surface area contributed by atoms with Gasteiger partial charge in [0.15, 0.2) is 0 Å². The summed E-state index contributed by atoms with van der Waals surface area (Å²) in [4.78, 5) is 20.9. The highest BCUT2D eigenvalue weighted by molar-refractivity contribution is 6.03. The van der Waals surface area contributed by atoms with E-state index in [1.54, 1.807) is 6.07 Å². The van der Waals surface area contributed by atoms with Crippen molar-refractivity contribution in [3.05, 3.63) is 77.5 Å². The van der Waals surface area contributed by atoms with Crippen molar-refractivity contribution in [2.24, 2.45) is 11.7 Å². The second-order valence-electron chi connectivity index (χ2n) is 8.76. The van der Waals surface area contributed by atoms with Gasteiger partial charge in [-0.15, -0.1) is 0 Å². The lowest BCUT2D eigenvalue weighted by Gasteiger charge is -2.40.